The van der Waals surface area contributed by atoms with Crippen LogP contribution in [0.15, 0.2) is 95.5 Å². The lowest BCUT2D eigenvalue weighted by atomic mass is 10.1. The highest BCUT2D eigenvalue weighted by Crippen LogP contribution is 2.39. The molecule has 0 aliphatic carbocycles. The van der Waals surface area contributed by atoms with Crippen LogP contribution < -0.4 is 30.2 Å². The topological polar surface area (TPSA) is 115 Å². The second kappa shape index (κ2) is 16.4. The lowest BCUT2D eigenvalue weighted by molar-refractivity contribution is -0.116. The van der Waals surface area contributed by atoms with E-state index in [0.29, 0.717) is 40.5 Å². The number of carbonyl (C=O) groups is 3. The Kier molecular flexibility index (Phi) is 12.1. The number of rotatable bonds is 13. The summed E-state index contributed by atoms with van der Waals surface area (Å²) >= 11 is 1.41. The fourth-order valence-corrected chi connectivity index (χ4v) is 5.85. The minimum Gasteiger partial charge on any atom is -0.493 e. The molecule has 244 valence electrons. The molecule has 0 radical (unpaired) electrons. The minimum atomic E-state index is -0.551. The fraction of sp³-hybridized carbons (Fsp3) is 0.216. The quantitative estimate of drug-likeness (QED) is 0.103. The van der Waals surface area contributed by atoms with Crippen LogP contribution in [0, 0.1) is 13.8 Å². The molecule has 0 fully saturated rings. The molecular formula is C37H39N3O6S. The third-order valence-corrected chi connectivity index (χ3v) is 8.65. The van der Waals surface area contributed by atoms with Gasteiger partial charge >= 0.3 is 0 Å². The smallest absolute Gasteiger partial charge is 0.272 e. The SMILES string of the molecule is CCC(Sc1cccc(NC(=O)/C(=C\c2cc(OC)c(OC)c(OC)c2)NC(=O)c2ccccc2)c1)C(=O)Nc1c(C)cccc1C. The largest absolute Gasteiger partial charge is 0.493 e. The van der Waals surface area contributed by atoms with E-state index in [9.17, 15) is 14.4 Å². The minimum absolute atomic E-state index is 0.00871. The van der Waals surface area contributed by atoms with E-state index in [0.717, 1.165) is 21.7 Å². The summed E-state index contributed by atoms with van der Waals surface area (Å²) < 4.78 is 16.4. The Hall–Kier alpha value is -5.22. The number of aryl methyl sites for hydroxylation is 2. The van der Waals surface area contributed by atoms with Gasteiger partial charge in [0.15, 0.2) is 11.5 Å². The Balaban J connectivity index is 1.59. The van der Waals surface area contributed by atoms with Gasteiger partial charge in [0.05, 0.1) is 26.6 Å². The van der Waals surface area contributed by atoms with Crippen LogP contribution in [0.2, 0.25) is 0 Å². The Morgan fingerprint density at radius 1 is 0.787 bits per heavy atom. The van der Waals surface area contributed by atoms with Crippen molar-refractivity contribution in [1.29, 1.82) is 0 Å². The predicted molar refractivity (Wildman–Crippen MR) is 188 cm³/mol. The fourth-order valence-electron chi connectivity index (χ4n) is 4.84. The van der Waals surface area contributed by atoms with Crippen molar-refractivity contribution in [3.63, 3.8) is 0 Å². The van der Waals surface area contributed by atoms with Crippen molar-refractivity contribution in [3.8, 4) is 17.2 Å². The van der Waals surface area contributed by atoms with Crippen LogP contribution in [0.1, 0.15) is 40.4 Å². The van der Waals surface area contributed by atoms with Gasteiger partial charge in [-0.05, 0) is 85.5 Å². The monoisotopic (exact) mass is 653 g/mol. The summed E-state index contributed by atoms with van der Waals surface area (Å²) in [6, 6.07) is 25.1. The molecule has 4 aromatic rings. The number of methoxy groups -OCH3 is 3. The summed E-state index contributed by atoms with van der Waals surface area (Å²) in [5, 5.41) is 8.37. The zero-order valence-electron chi connectivity index (χ0n) is 27.3. The third kappa shape index (κ3) is 8.95. The number of ether oxygens (including phenoxy) is 3. The van der Waals surface area contributed by atoms with Gasteiger partial charge in [0, 0.05) is 21.8 Å². The number of amides is 3. The van der Waals surface area contributed by atoms with Crippen molar-refractivity contribution in [2.75, 3.05) is 32.0 Å². The highest BCUT2D eigenvalue weighted by Gasteiger charge is 2.21. The zero-order chi connectivity index (χ0) is 33.9. The van der Waals surface area contributed by atoms with Gasteiger partial charge in [0.1, 0.15) is 5.70 Å². The van der Waals surface area contributed by atoms with Gasteiger partial charge in [-0.3, -0.25) is 14.4 Å². The van der Waals surface area contributed by atoms with E-state index in [-0.39, 0.29) is 16.9 Å². The van der Waals surface area contributed by atoms with Crippen LogP contribution >= 0.6 is 11.8 Å². The predicted octanol–water partition coefficient (Wildman–Crippen LogP) is 7.25. The highest BCUT2D eigenvalue weighted by molar-refractivity contribution is 8.00. The molecule has 0 bridgehead atoms. The number of benzene rings is 4. The Bertz CT molecular complexity index is 1730. The van der Waals surface area contributed by atoms with Gasteiger partial charge in [-0.2, -0.15) is 0 Å². The van der Waals surface area contributed by atoms with E-state index in [1.54, 1.807) is 60.7 Å². The van der Waals surface area contributed by atoms with Crippen LogP contribution in [0.5, 0.6) is 17.2 Å². The van der Waals surface area contributed by atoms with E-state index in [1.165, 1.54) is 39.2 Å². The van der Waals surface area contributed by atoms with Crippen molar-refractivity contribution in [1.82, 2.24) is 5.32 Å². The Morgan fingerprint density at radius 3 is 2.02 bits per heavy atom. The number of nitrogens with one attached hydrogen (secondary N) is 3. The first-order valence-electron chi connectivity index (χ1n) is 15.0. The maximum Gasteiger partial charge on any atom is 0.272 e. The van der Waals surface area contributed by atoms with Crippen molar-refractivity contribution in [2.24, 2.45) is 0 Å². The van der Waals surface area contributed by atoms with E-state index in [4.69, 9.17) is 14.2 Å². The normalized spacial score (nSPS) is 11.7. The second-order valence-electron chi connectivity index (χ2n) is 10.6. The molecule has 3 N–H and O–H groups in total. The maximum atomic E-state index is 13.7. The van der Waals surface area contributed by atoms with E-state index < -0.39 is 11.8 Å². The number of carbonyl (C=O) groups excluding carboxylic acids is 3. The van der Waals surface area contributed by atoms with Crippen LogP contribution in [-0.2, 0) is 9.59 Å². The van der Waals surface area contributed by atoms with E-state index in [1.807, 2.05) is 45.0 Å². The zero-order valence-corrected chi connectivity index (χ0v) is 28.1. The lowest BCUT2D eigenvalue weighted by Gasteiger charge is -2.18. The van der Waals surface area contributed by atoms with Crippen molar-refractivity contribution < 1.29 is 28.6 Å². The van der Waals surface area contributed by atoms with Crippen molar-refractivity contribution in [2.45, 2.75) is 37.3 Å². The Labute approximate surface area is 279 Å². The molecule has 10 heteroatoms. The molecule has 1 atom stereocenters. The molecule has 0 aromatic heterocycles. The van der Waals surface area contributed by atoms with Gasteiger partial charge < -0.3 is 30.2 Å². The van der Waals surface area contributed by atoms with Crippen LogP contribution in [-0.4, -0.2) is 44.3 Å². The molecule has 47 heavy (non-hydrogen) atoms. The molecule has 4 aromatic carbocycles. The molecule has 4 rings (SSSR count). The van der Waals surface area contributed by atoms with Crippen molar-refractivity contribution >= 4 is 46.9 Å². The van der Waals surface area contributed by atoms with Crippen LogP contribution in [0.3, 0.4) is 0 Å². The molecule has 1 unspecified atom stereocenters. The molecule has 9 nitrogen and oxygen atoms in total. The summed E-state index contributed by atoms with van der Waals surface area (Å²) in [6.45, 7) is 5.90. The lowest BCUT2D eigenvalue weighted by Crippen LogP contribution is -2.30. The van der Waals surface area contributed by atoms with E-state index >= 15 is 0 Å². The van der Waals surface area contributed by atoms with Crippen LogP contribution in [0.4, 0.5) is 11.4 Å². The summed E-state index contributed by atoms with van der Waals surface area (Å²) in [7, 11) is 4.50. The molecule has 0 heterocycles. The summed E-state index contributed by atoms with van der Waals surface area (Å²) in [5.41, 5.74) is 4.22. The number of anilines is 2. The molecule has 0 saturated carbocycles. The molecular weight excluding hydrogens is 614 g/mol. The molecule has 0 spiro atoms. The molecule has 3 amide bonds. The first kappa shape index (κ1) is 34.6. The van der Waals surface area contributed by atoms with Gasteiger partial charge in [0.25, 0.3) is 11.8 Å². The first-order valence-corrected chi connectivity index (χ1v) is 15.9. The number of thioether (sulfide) groups is 1. The second-order valence-corrected chi connectivity index (χ2v) is 11.9. The first-order chi connectivity index (χ1) is 22.7. The third-order valence-electron chi connectivity index (χ3n) is 7.29. The summed E-state index contributed by atoms with van der Waals surface area (Å²) in [5.74, 6) is 0.0833. The van der Waals surface area contributed by atoms with Gasteiger partial charge in [-0.15, -0.1) is 11.8 Å². The summed E-state index contributed by atoms with van der Waals surface area (Å²) in [4.78, 5) is 40.9. The average molecular weight is 654 g/mol. The molecule has 0 aliphatic heterocycles. The van der Waals surface area contributed by atoms with Gasteiger partial charge in [0.2, 0.25) is 11.7 Å². The van der Waals surface area contributed by atoms with Crippen LogP contribution in [0.25, 0.3) is 6.08 Å². The average Bonchev–Trinajstić information content (AvgIpc) is 3.08. The standard InChI is InChI=1S/C37H39N3O6S/c1-7-32(37(43)40-33-23(2)13-11-14-24(33)3)47-28-18-12-17-27(22-28)38-36(42)29(39-35(41)26-15-9-8-10-16-26)19-25-20-30(44-4)34(46-6)31(21-25)45-5/h8-22,32H,7H2,1-6H3,(H,38,42)(H,39,41)(H,40,43)/b29-19+. The maximum absolute atomic E-state index is 13.7. The summed E-state index contributed by atoms with van der Waals surface area (Å²) in [6.07, 6.45) is 2.13. The van der Waals surface area contributed by atoms with Gasteiger partial charge in [-0.25, -0.2) is 0 Å². The van der Waals surface area contributed by atoms with Gasteiger partial charge in [-0.1, -0.05) is 49.4 Å². The number of para-hydroxylation sites is 1. The van der Waals surface area contributed by atoms with E-state index in [2.05, 4.69) is 16.0 Å². The molecule has 0 saturated heterocycles. The number of hydrogen-bond acceptors (Lipinski definition) is 7. The molecule has 0 aliphatic rings. The van der Waals surface area contributed by atoms with Crippen molar-refractivity contribution in [3.05, 3.63) is 113 Å². The number of hydrogen-bond donors (Lipinski definition) is 3. The Morgan fingerprint density at radius 2 is 1.43 bits per heavy atom. The highest BCUT2D eigenvalue weighted by atomic mass is 32.2.